The molecule has 1 unspecified atom stereocenters. The van der Waals surface area contributed by atoms with Crippen LogP contribution in [0.1, 0.15) is 46.0 Å². The number of aliphatic hydroxyl groups is 1. The first kappa shape index (κ1) is 12.5. The van der Waals surface area contributed by atoms with Crippen molar-refractivity contribution in [3.8, 4) is 12.3 Å². The number of nitrogens with zero attached hydrogens (tertiary/aromatic N) is 1. The van der Waals surface area contributed by atoms with Gasteiger partial charge < -0.3 is 5.11 Å². The topological polar surface area (TPSA) is 23.5 Å². The summed E-state index contributed by atoms with van der Waals surface area (Å²) in [5, 5.41) is 10.2. The average molecular weight is 209 g/mol. The summed E-state index contributed by atoms with van der Waals surface area (Å²) in [7, 11) is 0. The van der Waals surface area contributed by atoms with E-state index in [9.17, 15) is 5.11 Å². The zero-order valence-corrected chi connectivity index (χ0v) is 10.00. The molecule has 86 valence electrons. The first-order valence-electron chi connectivity index (χ1n) is 6.07. The molecular formula is C13H23NO. The molecule has 2 nitrogen and oxygen atoms in total. The summed E-state index contributed by atoms with van der Waals surface area (Å²) in [5.74, 6) is 2.60. The van der Waals surface area contributed by atoms with Crippen LogP contribution in [0.15, 0.2) is 0 Å². The molecule has 1 aliphatic rings. The van der Waals surface area contributed by atoms with Crippen LogP contribution in [0.2, 0.25) is 0 Å². The van der Waals surface area contributed by atoms with Gasteiger partial charge in [-0.05, 0) is 25.9 Å². The normalized spacial score (nSPS) is 21.5. The second-order valence-corrected chi connectivity index (χ2v) is 4.41. The lowest BCUT2D eigenvalue weighted by atomic mass is 9.86. The van der Waals surface area contributed by atoms with Gasteiger partial charge in [0.15, 0.2) is 0 Å². The fourth-order valence-electron chi connectivity index (χ4n) is 3.00. The Hall–Kier alpha value is -0.520. The van der Waals surface area contributed by atoms with Crippen LogP contribution in [0.3, 0.4) is 0 Å². The highest BCUT2D eigenvalue weighted by Crippen LogP contribution is 2.38. The highest BCUT2D eigenvalue weighted by Gasteiger charge is 2.43. The molecule has 1 rings (SSSR count). The van der Waals surface area contributed by atoms with Crippen molar-refractivity contribution >= 4 is 0 Å². The van der Waals surface area contributed by atoms with Crippen LogP contribution in [0.25, 0.3) is 0 Å². The van der Waals surface area contributed by atoms with Crippen molar-refractivity contribution in [3.05, 3.63) is 0 Å². The Morgan fingerprint density at radius 2 is 1.87 bits per heavy atom. The van der Waals surface area contributed by atoms with Crippen molar-refractivity contribution in [2.24, 2.45) is 0 Å². The minimum atomic E-state index is -0.357. The summed E-state index contributed by atoms with van der Waals surface area (Å²) in [6.45, 7) is 6.31. The number of likely N-dealkylation sites (N-methyl/N-ethyl adjacent to an activating group) is 1. The Morgan fingerprint density at radius 1 is 1.33 bits per heavy atom. The first-order chi connectivity index (χ1) is 7.21. The Bertz CT molecular complexity index is 221. The van der Waals surface area contributed by atoms with Crippen LogP contribution in [0.4, 0.5) is 0 Å². The largest absolute Gasteiger partial charge is 0.390 e. The van der Waals surface area contributed by atoms with Crippen LogP contribution in [-0.4, -0.2) is 34.7 Å². The van der Waals surface area contributed by atoms with E-state index < -0.39 is 0 Å². The van der Waals surface area contributed by atoms with Crippen molar-refractivity contribution in [1.82, 2.24) is 4.90 Å². The molecule has 0 bridgehead atoms. The standard InChI is InChI=1S/C13H23NO/c1-4-9-12(15)13(10-7-8-11-13)14(5-2)6-3/h1,12,15H,5-11H2,2-3H3. The number of aliphatic hydroxyl groups excluding tert-OH is 1. The Labute approximate surface area is 93.7 Å². The molecule has 1 saturated carbocycles. The van der Waals surface area contributed by atoms with Crippen molar-refractivity contribution in [2.45, 2.75) is 57.6 Å². The smallest absolute Gasteiger partial charge is 0.0832 e. The van der Waals surface area contributed by atoms with E-state index in [4.69, 9.17) is 6.42 Å². The predicted octanol–water partition coefficient (Wildman–Crippen LogP) is 2.03. The molecule has 0 spiro atoms. The average Bonchev–Trinajstić information content (AvgIpc) is 2.70. The third-order valence-electron chi connectivity index (χ3n) is 3.79. The van der Waals surface area contributed by atoms with E-state index in [1.54, 1.807) is 0 Å². The summed E-state index contributed by atoms with van der Waals surface area (Å²) in [4.78, 5) is 2.39. The number of hydrogen-bond acceptors (Lipinski definition) is 2. The van der Waals surface area contributed by atoms with Gasteiger partial charge in [-0.3, -0.25) is 4.90 Å². The molecule has 15 heavy (non-hydrogen) atoms. The highest BCUT2D eigenvalue weighted by atomic mass is 16.3. The summed E-state index contributed by atoms with van der Waals surface area (Å²) in [6.07, 6.45) is 10.1. The third-order valence-corrected chi connectivity index (χ3v) is 3.79. The zero-order chi connectivity index (χ0) is 11.3. The molecule has 0 heterocycles. The lowest BCUT2D eigenvalue weighted by Crippen LogP contribution is -2.54. The number of hydrogen-bond donors (Lipinski definition) is 1. The predicted molar refractivity (Wildman–Crippen MR) is 63.6 cm³/mol. The quantitative estimate of drug-likeness (QED) is 0.700. The third kappa shape index (κ3) is 2.35. The molecular weight excluding hydrogens is 186 g/mol. The maximum Gasteiger partial charge on any atom is 0.0832 e. The second-order valence-electron chi connectivity index (χ2n) is 4.41. The lowest BCUT2D eigenvalue weighted by molar-refractivity contribution is -0.0219. The molecule has 2 heteroatoms. The van der Waals surface area contributed by atoms with Gasteiger partial charge in [-0.15, -0.1) is 12.3 Å². The summed E-state index contributed by atoms with van der Waals surface area (Å²) in [5.41, 5.74) is -0.0319. The van der Waals surface area contributed by atoms with Crippen molar-refractivity contribution in [1.29, 1.82) is 0 Å². The zero-order valence-electron chi connectivity index (χ0n) is 10.00. The van der Waals surface area contributed by atoms with E-state index in [2.05, 4.69) is 24.7 Å². The molecule has 0 saturated heterocycles. The Morgan fingerprint density at radius 3 is 2.27 bits per heavy atom. The van der Waals surface area contributed by atoms with Gasteiger partial charge in [-0.2, -0.15) is 0 Å². The maximum absolute atomic E-state index is 10.2. The summed E-state index contributed by atoms with van der Waals surface area (Å²) in [6, 6.07) is 0. The van der Waals surface area contributed by atoms with E-state index in [0.717, 1.165) is 25.9 Å². The molecule has 0 amide bonds. The molecule has 1 N–H and O–H groups in total. The van der Waals surface area contributed by atoms with E-state index in [-0.39, 0.29) is 11.6 Å². The van der Waals surface area contributed by atoms with Gasteiger partial charge in [0, 0.05) is 12.0 Å². The Kier molecular flexibility index (Phi) is 4.63. The van der Waals surface area contributed by atoms with Crippen molar-refractivity contribution in [2.75, 3.05) is 13.1 Å². The van der Waals surface area contributed by atoms with E-state index in [1.807, 2.05) is 0 Å². The van der Waals surface area contributed by atoms with Crippen LogP contribution >= 0.6 is 0 Å². The first-order valence-corrected chi connectivity index (χ1v) is 6.07. The molecule has 1 aliphatic carbocycles. The van der Waals surface area contributed by atoms with Crippen LogP contribution in [0, 0.1) is 12.3 Å². The number of rotatable bonds is 5. The highest BCUT2D eigenvalue weighted by molar-refractivity contribution is 5.04. The Balaban J connectivity index is 2.82. The minimum absolute atomic E-state index is 0.0319. The summed E-state index contributed by atoms with van der Waals surface area (Å²) >= 11 is 0. The molecule has 0 aromatic carbocycles. The SMILES string of the molecule is C#CCC(O)C1(N(CC)CC)CCCC1. The second kappa shape index (κ2) is 5.53. The van der Waals surface area contributed by atoms with Gasteiger partial charge in [0.1, 0.15) is 0 Å². The van der Waals surface area contributed by atoms with Gasteiger partial charge in [0.2, 0.25) is 0 Å². The molecule has 1 atom stereocenters. The number of terminal acetylenes is 1. The van der Waals surface area contributed by atoms with Gasteiger partial charge in [-0.25, -0.2) is 0 Å². The lowest BCUT2D eigenvalue weighted by Gasteiger charge is -2.43. The fraction of sp³-hybridized carbons (Fsp3) is 0.846. The van der Waals surface area contributed by atoms with Crippen molar-refractivity contribution < 1.29 is 5.11 Å². The van der Waals surface area contributed by atoms with E-state index in [1.165, 1.54) is 12.8 Å². The van der Waals surface area contributed by atoms with Crippen LogP contribution in [-0.2, 0) is 0 Å². The van der Waals surface area contributed by atoms with Gasteiger partial charge >= 0.3 is 0 Å². The molecule has 0 aliphatic heterocycles. The monoisotopic (exact) mass is 209 g/mol. The van der Waals surface area contributed by atoms with Crippen LogP contribution in [0.5, 0.6) is 0 Å². The van der Waals surface area contributed by atoms with E-state index >= 15 is 0 Å². The van der Waals surface area contributed by atoms with Gasteiger partial charge in [-0.1, -0.05) is 26.7 Å². The molecule has 1 fully saturated rings. The minimum Gasteiger partial charge on any atom is -0.390 e. The van der Waals surface area contributed by atoms with Gasteiger partial charge in [0.25, 0.3) is 0 Å². The summed E-state index contributed by atoms with van der Waals surface area (Å²) < 4.78 is 0. The van der Waals surface area contributed by atoms with Crippen LogP contribution < -0.4 is 0 Å². The molecule has 0 radical (unpaired) electrons. The van der Waals surface area contributed by atoms with Gasteiger partial charge in [0.05, 0.1) is 6.10 Å². The fourth-order valence-corrected chi connectivity index (χ4v) is 3.00. The van der Waals surface area contributed by atoms with E-state index in [0.29, 0.717) is 6.42 Å². The van der Waals surface area contributed by atoms with Crippen molar-refractivity contribution in [3.63, 3.8) is 0 Å². The molecule has 0 aromatic heterocycles. The maximum atomic E-state index is 10.2. The molecule has 0 aromatic rings.